The van der Waals surface area contributed by atoms with Crippen LogP contribution in [0.25, 0.3) is 0 Å². The van der Waals surface area contributed by atoms with Crippen molar-refractivity contribution in [1.82, 2.24) is 0 Å². The summed E-state index contributed by atoms with van der Waals surface area (Å²) in [5.74, 6) is -1.27. The fourth-order valence-electron chi connectivity index (χ4n) is 3.90. The van der Waals surface area contributed by atoms with Gasteiger partial charge in [0.2, 0.25) is 0 Å². The molecule has 9 nitrogen and oxygen atoms in total. The van der Waals surface area contributed by atoms with Gasteiger partial charge in [-0.1, -0.05) is 70.4 Å². The highest BCUT2D eigenvalue weighted by Crippen LogP contribution is 2.11. The van der Waals surface area contributed by atoms with Gasteiger partial charge in [0.25, 0.3) is 10.1 Å². The van der Waals surface area contributed by atoms with Gasteiger partial charge in [-0.2, -0.15) is 8.42 Å². The van der Waals surface area contributed by atoms with Crippen LogP contribution in [-0.2, 0) is 19.6 Å². The van der Waals surface area contributed by atoms with Crippen molar-refractivity contribution in [2.45, 2.75) is 103 Å². The summed E-state index contributed by atoms with van der Waals surface area (Å²) in [4.78, 5) is 11.9. The van der Waals surface area contributed by atoms with Gasteiger partial charge in [0, 0.05) is 6.42 Å². The molecule has 0 saturated heterocycles. The van der Waals surface area contributed by atoms with Gasteiger partial charge in [0.15, 0.2) is 13.5 Å². The number of hydrogen-bond donors (Lipinski definition) is 4. The zero-order valence-corrected chi connectivity index (χ0v) is 22.5. The van der Waals surface area contributed by atoms with Crippen LogP contribution in [0.5, 0.6) is 0 Å². The zero-order chi connectivity index (χ0) is 26.4. The molecule has 0 spiro atoms. The summed E-state index contributed by atoms with van der Waals surface area (Å²) in [5, 5.41) is 29.0. The molecule has 0 aromatic rings. The first-order valence-electron chi connectivity index (χ1n) is 13.2. The summed E-state index contributed by atoms with van der Waals surface area (Å²) in [6.07, 6.45) is 18.7. The van der Waals surface area contributed by atoms with Crippen LogP contribution in [0.15, 0.2) is 12.2 Å². The number of aliphatic hydroxyl groups is 3. The van der Waals surface area contributed by atoms with Crippen LogP contribution < -0.4 is 0 Å². The number of esters is 1. The maximum Gasteiger partial charge on any atom is 0.305 e. The minimum absolute atomic E-state index is 0.00759. The lowest BCUT2D eigenvalue weighted by Crippen LogP contribution is -2.56. The van der Waals surface area contributed by atoms with Crippen molar-refractivity contribution in [1.29, 1.82) is 0 Å². The van der Waals surface area contributed by atoms with E-state index in [4.69, 9.17) is 9.29 Å². The molecule has 0 aliphatic heterocycles. The summed E-state index contributed by atoms with van der Waals surface area (Å²) in [5.41, 5.74) is 0. The summed E-state index contributed by atoms with van der Waals surface area (Å²) in [7, 11) is -4.39. The zero-order valence-electron chi connectivity index (χ0n) is 21.7. The molecule has 0 aromatic heterocycles. The van der Waals surface area contributed by atoms with Crippen molar-refractivity contribution in [2.75, 3.05) is 38.9 Å². The molecule has 0 fully saturated rings. The van der Waals surface area contributed by atoms with Crippen LogP contribution in [0, 0.1) is 0 Å². The highest BCUT2D eigenvalue weighted by Gasteiger charge is 2.31. The Hall–Kier alpha value is -1.04. The number of aliphatic hydroxyl groups excluding tert-OH is 3. The van der Waals surface area contributed by atoms with E-state index in [0.29, 0.717) is 6.42 Å². The van der Waals surface area contributed by atoms with Crippen molar-refractivity contribution in [3.8, 4) is 0 Å². The molecule has 0 amide bonds. The Balaban J connectivity index is 3.82. The maximum atomic E-state index is 11.9. The average Bonchev–Trinajstić information content (AvgIpc) is 2.79. The van der Waals surface area contributed by atoms with Crippen LogP contribution in [0.4, 0.5) is 0 Å². The first-order valence-corrected chi connectivity index (χ1v) is 14.8. The molecule has 0 bridgehead atoms. The molecule has 0 aliphatic carbocycles. The number of carbonyl (C=O) groups excluding carboxylic acids is 1. The Bertz CT molecular complexity index is 650. The van der Waals surface area contributed by atoms with Crippen LogP contribution in [0.3, 0.4) is 0 Å². The van der Waals surface area contributed by atoms with E-state index in [-0.39, 0.29) is 25.7 Å². The van der Waals surface area contributed by atoms with Gasteiger partial charge in [-0.25, -0.2) is 0 Å². The van der Waals surface area contributed by atoms with Crippen LogP contribution >= 0.6 is 0 Å². The number of carbonyl (C=O) groups is 1. The molecular formula is C25H50NO8S+. The van der Waals surface area contributed by atoms with E-state index in [1.807, 2.05) is 0 Å². The molecule has 0 heterocycles. The summed E-state index contributed by atoms with van der Waals surface area (Å²) in [6, 6.07) is 0. The Morgan fingerprint density at radius 2 is 1.40 bits per heavy atom. The van der Waals surface area contributed by atoms with E-state index < -0.39 is 39.9 Å². The number of allylic oxidation sites excluding steroid dienone is 2. The number of hydrogen-bond acceptors (Lipinski definition) is 7. The molecule has 0 aliphatic rings. The first kappa shape index (κ1) is 34.0. The lowest BCUT2D eigenvalue weighted by molar-refractivity contribution is -0.963. The molecule has 208 valence electrons. The van der Waals surface area contributed by atoms with Gasteiger partial charge in [-0.15, -0.1) is 0 Å². The lowest BCUT2D eigenvalue weighted by atomic mass is 10.1. The molecule has 0 aromatic carbocycles. The van der Waals surface area contributed by atoms with E-state index >= 15 is 0 Å². The Morgan fingerprint density at radius 3 is 1.91 bits per heavy atom. The Morgan fingerprint density at radius 1 is 0.886 bits per heavy atom. The number of unbranched alkanes of at least 4 members (excludes halogenated alkanes) is 11. The largest absolute Gasteiger partial charge is 0.460 e. The number of ether oxygens (including phenoxy) is 1. The van der Waals surface area contributed by atoms with Crippen molar-refractivity contribution in [2.24, 2.45) is 0 Å². The van der Waals surface area contributed by atoms with Crippen LogP contribution in [0.1, 0.15) is 96.8 Å². The summed E-state index contributed by atoms with van der Waals surface area (Å²) >= 11 is 0. The summed E-state index contributed by atoms with van der Waals surface area (Å²) in [6.45, 7) is 0.700. The molecule has 0 saturated carbocycles. The van der Waals surface area contributed by atoms with Gasteiger partial charge >= 0.3 is 5.97 Å². The fraction of sp³-hybridized carbons (Fsp3) is 0.880. The SMILES string of the molecule is CCCCCCCC/C=C\CCCCCCCC(=O)OCC[N+](CO)(CO)CC(O)CS(=O)(=O)O. The lowest BCUT2D eigenvalue weighted by Gasteiger charge is -2.35. The molecule has 0 radical (unpaired) electrons. The minimum Gasteiger partial charge on any atom is -0.460 e. The molecule has 1 atom stereocenters. The second-order valence-electron chi connectivity index (χ2n) is 9.49. The van der Waals surface area contributed by atoms with Crippen molar-refractivity contribution < 1.29 is 42.3 Å². The average molecular weight is 525 g/mol. The minimum atomic E-state index is -4.39. The van der Waals surface area contributed by atoms with E-state index in [0.717, 1.165) is 38.5 Å². The van der Waals surface area contributed by atoms with Crippen LogP contribution in [0.2, 0.25) is 0 Å². The smallest absolute Gasteiger partial charge is 0.305 e. The van der Waals surface area contributed by atoms with Gasteiger partial charge in [0.1, 0.15) is 31.6 Å². The normalized spacial score (nSPS) is 13.4. The third kappa shape index (κ3) is 20.8. The third-order valence-electron chi connectivity index (χ3n) is 6.07. The quantitative estimate of drug-likeness (QED) is 0.0375. The predicted molar refractivity (Wildman–Crippen MR) is 137 cm³/mol. The van der Waals surface area contributed by atoms with E-state index in [2.05, 4.69) is 19.1 Å². The van der Waals surface area contributed by atoms with Gasteiger partial charge in [0.05, 0.1) is 0 Å². The fourth-order valence-corrected chi connectivity index (χ4v) is 4.49. The molecular weight excluding hydrogens is 474 g/mol. The Kier molecular flexibility index (Phi) is 20.5. The predicted octanol–water partition coefficient (Wildman–Crippen LogP) is 3.53. The highest BCUT2D eigenvalue weighted by molar-refractivity contribution is 7.85. The standard InChI is InChI=1S/C25H49NO8S/c1-2-3-4-5-6-7-8-9-10-11-12-13-14-15-16-17-25(30)34-19-18-26(22-27,23-28)20-24(29)21-35(31,32)33/h9-10,24,27-29H,2-8,11-23H2,1H3/p+1/b10-9-. The van der Waals surface area contributed by atoms with Crippen molar-refractivity contribution >= 4 is 16.1 Å². The molecule has 10 heteroatoms. The molecule has 0 rings (SSSR count). The topological polar surface area (TPSA) is 141 Å². The second-order valence-corrected chi connectivity index (χ2v) is 11.0. The third-order valence-corrected chi connectivity index (χ3v) is 6.88. The second kappa shape index (κ2) is 21.1. The van der Waals surface area contributed by atoms with Crippen molar-refractivity contribution in [3.05, 3.63) is 12.2 Å². The van der Waals surface area contributed by atoms with E-state index in [9.17, 15) is 28.5 Å². The monoisotopic (exact) mass is 524 g/mol. The maximum absolute atomic E-state index is 11.9. The number of rotatable bonds is 24. The molecule has 4 N–H and O–H groups in total. The highest BCUT2D eigenvalue weighted by atomic mass is 32.2. The molecule has 35 heavy (non-hydrogen) atoms. The first-order chi connectivity index (χ1) is 16.7. The van der Waals surface area contributed by atoms with Gasteiger partial charge in [-0.05, 0) is 32.1 Å². The van der Waals surface area contributed by atoms with Crippen LogP contribution in [-0.4, -0.2) is 83.8 Å². The van der Waals surface area contributed by atoms with E-state index in [1.54, 1.807) is 0 Å². The Labute approximate surface area is 212 Å². The van der Waals surface area contributed by atoms with Gasteiger partial charge < -0.3 is 20.1 Å². The number of nitrogens with zero attached hydrogens (tertiary/aromatic N) is 1. The van der Waals surface area contributed by atoms with Crippen molar-refractivity contribution in [3.63, 3.8) is 0 Å². The van der Waals surface area contributed by atoms with Gasteiger partial charge in [-0.3, -0.25) is 13.8 Å². The number of quaternary nitrogens is 1. The van der Waals surface area contributed by atoms with E-state index in [1.165, 1.54) is 44.9 Å². The summed E-state index contributed by atoms with van der Waals surface area (Å²) < 4.78 is 35.3. The molecule has 1 unspecified atom stereocenters.